The monoisotopic (exact) mass is 361 g/mol. The molecule has 0 bridgehead atoms. The van der Waals surface area contributed by atoms with Gasteiger partial charge in [0.1, 0.15) is 5.78 Å². The van der Waals surface area contributed by atoms with E-state index in [0.29, 0.717) is 23.2 Å². The molecule has 0 spiro atoms. The first kappa shape index (κ1) is 13.0. The Bertz CT molecular complexity index is 496. The molecule has 0 aromatic carbocycles. The molecule has 5 heteroatoms. The van der Waals surface area contributed by atoms with Crippen LogP contribution in [0.15, 0.2) is 26.0 Å². The lowest BCUT2D eigenvalue weighted by Gasteiger charge is -2.10. The van der Waals surface area contributed by atoms with E-state index in [4.69, 9.17) is 0 Å². The summed E-state index contributed by atoms with van der Waals surface area (Å²) in [5.41, 5.74) is -0.0429. The normalized spacial score (nSPS) is 19.9. The van der Waals surface area contributed by atoms with Crippen LogP contribution in [0.25, 0.3) is 0 Å². The second kappa shape index (κ2) is 5.48. The molecular weight excluding hydrogens is 350 g/mol. The van der Waals surface area contributed by atoms with Crippen LogP contribution in [0.3, 0.4) is 0 Å². The lowest BCUT2D eigenvalue weighted by Crippen LogP contribution is -2.22. The highest BCUT2D eigenvalue weighted by Gasteiger charge is 2.23. The average Bonchev–Trinajstić information content (AvgIpc) is 2.67. The number of rotatable bonds is 3. The van der Waals surface area contributed by atoms with Crippen LogP contribution in [0.2, 0.25) is 0 Å². The molecule has 92 valence electrons. The van der Waals surface area contributed by atoms with E-state index in [1.54, 1.807) is 16.8 Å². The van der Waals surface area contributed by atoms with Crippen molar-refractivity contribution in [2.45, 2.75) is 32.2 Å². The molecule has 0 radical (unpaired) electrons. The van der Waals surface area contributed by atoms with Gasteiger partial charge in [0.15, 0.2) is 0 Å². The van der Waals surface area contributed by atoms with E-state index in [2.05, 4.69) is 31.9 Å². The molecule has 1 aliphatic carbocycles. The summed E-state index contributed by atoms with van der Waals surface area (Å²) in [5.74, 6) is 0.506. The second-order valence-corrected chi connectivity index (χ2v) is 6.12. The highest BCUT2D eigenvalue weighted by molar-refractivity contribution is 9.11. The molecule has 0 amide bonds. The van der Waals surface area contributed by atoms with E-state index < -0.39 is 0 Å². The molecule has 0 N–H and O–H groups in total. The fraction of sp³-hybridized carbons (Fsp3) is 0.500. The van der Waals surface area contributed by atoms with E-state index >= 15 is 0 Å². The number of ketones is 1. The third-order valence-electron chi connectivity index (χ3n) is 3.16. The first-order valence-electron chi connectivity index (χ1n) is 5.66. The number of nitrogens with zero attached hydrogens (tertiary/aromatic N) is 1. The first-order chi connectivity index (χ1) is 8.08. The maximum atomic E-state index is 11.8. The van der Waals surface area contributed by atoms with Gasteiger partial charge in [0.25, 0.3) is 5.56 Å². The SMILES string of the molecule is O=C1CCCC1CCn1cc(Br)cc(Br)c1=O. The van der Waals surface area contributed by atoms with Crippen LogP contribution in [0.4, 0.5) is 0 Å². The van der Waals surface area contributed by atoms with Gasteiger partial charge in [0.05, 0.1) is 4.47 Å². The van der Waals surface area contributed by atoms with Crippen LogP contribution in [-0.4, -0.2) is 10.4 Å². The summed E-state index contributed by atoms with van der Waals surface area (Å²) >= 11 is 6.59. The average molecular weight is 363 g/mol. The Labute approximate surface area is 116 Å². The molecule has 3 nitrogen and oxygen atoms in total. The Morgan fingerprint density at radius 1 is 1.35 bits per heavy atom. The van der Waals surface area contributed by atoms with Gasteiger partial charge in [-0.2, -0.15) is 0 Å². The highest BCUT2D eigenvalue weighted by atomic mass is 79.9. The Kier molecular flexibility index (Phi) is 4.20. The van der Waals surface area contributed by atoms with E-state index in [0.717, 1.165) is 23.7 Å². The number of carbonyl (C=O) groups is 1. The maximum absolute atomic E-state index is 11.8. The summed E-state index contributed by atoms with van der Waals surface area (Å²) < 4.78 is 3.06. The predicted molar refractivity (Wildman–Crippen MR) is 73.1 cm³/mol. The molecular formula is C12H13Br2NO2. The summed E-state index contributed by atoms with van der Waals surface area (Å²) in [5, 5.41) is 0. The van der Waals surface area contributed by atoms with E-state index in [-0.39, 0.29) is 11.5 Å². The Morgan fingerprint density at radius 3 is 2.76 bits per heavy atom. The number of pyridine rings is 1. The van der Waals surface area contributed by atoms with Gasteiger partial charge in [0.2, 0.25) is 0 Å². The number of aromatic nitrogens is 1. The predicted octanol–water partition coefficient (Wildman–Crippen LogP) is 3.13. The molecule has 1 unspecified atom stereocenters. The highest BCUT2D eigenvalue weighted by Crippen LogP contribution is 2.24. The van der Waals surface area contributed by atoms with Crippen molar-refractivity contribution in [1.82, 2.24) is 4.57 Å². The minimum Gasteiger partial charge on any atom is -0.313 e. The number of hydrogen-bond acceptors (Lipinski definition) is 2. The van der Waals surface area contributed by atoms with Gasteiger partial charge in [-0.25, -0.2) is 0 Å². The van der Waals surface area contributed by atoms with Crippen molar-refractivity contribution in [2.75, 3.05) is 0 Å². The van der Waals surface area contributed by atoms with Crippen molar-refractivity contribution in [3.63, 3.8) is 0 Å². The summed E-state index contributed by atoms with van der Waals surface area (Å²) in [6.45, 7) is 0.604. The standard InChI is InChI=1S/C12H13Br2NO2/c13-9-6-10(14)12(17)15(7-9)5-4-8-2-1-3-11(8)16/h6-8H,1-5H2. The lowest BCUT2D eigenvalue weighted by atomic mass is 10.0. The van der Waals surface area contributed by atoms with E-state index in [9.17, 15) is 9.59 Å². The van der Waals surface area contributed by atoms with Gasteiger partial charge in [-0.3, -0.25) is 9.59 Å². The molecule has 17 heavy (non-hydrogen) atoms. The first-order valence-corrected chi connectivity index (χ1v) is 7.24. The third kappa shape index (κ3) is 3.07. The van der Waals surface area contributed by atoms with Crippen LogP contribution < -0.4 is 5.56 Å². The molecule has 1 saturated carbocycles. The van der Waals surface area contributed by atoms with Crippen LogP contribution in [0.5, 0.6) is 0 Å². The molecule has 1 atom stereocenters. The zero-order valence-corrected chi connectivity index (χ0v) is 12.5. The zero-order valence-electron chi connectivity index (χ0n) is 9.29. The van der Waals surface area contributed by atoms with E-state index in [1.807, 2.05) is 0 Å². The van der Waals surface area contributed by atoms with Crippen molar-refractivity contribution in [2.24, 2.45) is 5.92 Å². The minimum atomic E-state index is -0.0429. The quantitative estimate of drug-likeness (QED) is 0.828. The van der Waals surface area contributed by atoms with Gasteiger partial charge in [-0.1, -0.05) is 0 Å². The number of aryl methyl sites for hydroxylation is 1. The molecule has 1 heterocycles. The van der Waals surface area contributed by atoms with Gasteiger partial charge in [0, 0.05) is 29.6 Å². The molecule has 0 aliphatic heterocycles. The summed E-state index contributed by atoms with van der Waals surface area (Å²) in [6.07, 6.45) is 5.22. The number of carbonyl (C=O) groups excluding carboxylic acids is 1. The second-order valence-electron chi connectivity index (χ2n) is 4.35. The molecule has 2 rings (SSSR count). The Hall–Kier alpha value is -0.420. The molecule has 1 aromatic rings. The zero-order chi connectivity index (χ0) is 12.4. The van der Waals surface area contributed by atoms with Gasteiger partial charge < -0.3 is 4.57 Å². The number of hydrogen-bond donors (Lipinski definition) is 0. The van der Waals surface area contributed by atoms with Crippen LogP contribution >= 0.6 is 31.9 Å². The summed E-state index contributed by atoms with van der Waals surface area (Å²) in [7, 11) is 0. The van der Waals surface area contributed by atoms with Crippen molar-refractivity contribution in [3.05, 3.63) is 31.6 Å². The smallest absolute Gasteiger partial charge is 0.264 e. The maximum Gasteiger partial charge on any atom is 0.264 e. The largest absolute Gasteiger partial charge is 0.313 e. The fourth-order valence-corrected chi connectivity index (χ4v) is 3.48. The summed E-state index contributed by atoms with van der Waals surface area (Å²) in [4.78, 5) is 23.3. The lowest BCUT2D eigenvalue weighted by molar-refractivity contribution is -0.120. The molecule has 0 saturated heterocycles. The minimum absolute atomic E-state index is 0.0429. The van der Waals surface area contributed by atoms with Crippen molar-refractivity contribution in [1.29, 1.82) is 0 Å². The van der Waals surface area contributed by atoms with Crippen LogP contribution in [0, 0.1) is 5.92 Å². The van der Waals surface area contributed by atoms with Gasteiger partial charge in [-0.05, 0) is 57.2 Å². The third-order valence-corrected chi connectivity index (χ3v) is 4.16. The fourth-order valence-electron chi connectivity index (χ4n) is 2.22. The topological polar surface area (TPSA) is 39.1 Å². The van der Waals surface area contributed by atoms with Crippen LogP contribution in [-0.2, 0) is 11.3 Å². The van der Waals surface area contributed by atoms with Crippen molar-refractivity contribution in [3.8, 4) is 0 Å². The van der Waals surface area contributed by atoms with E-state index in [1.165, 1.54) is 0 Å². The molecule has 1 aromatic heterocycles. The molecule has 1 fully saturated rings. The van der Waals surface area contributed by atoms with Gasteiger partial charge >= 0.3 is 0 Å². The van der Waals surface area contributed by atoms with Crippen molar-refractivity contribution >= 4 is 37.6 Å². The molecule has 1 aliphatic rings. The Balaban J connectivity index is 2.09. The van der Waals surface area contributed by atoms with Crippen LogP contribution in [0.1, 0.15) is 25.7 Å². The van der Waals surface area contributed by atoms with Crippen molar-refractivity contribution < 1.29 is 4.79 Å². The van der Waals surface area contributed by atoms with Gasteiger partial charge in [-0.15, -0.1) is 0 Å². The Morgan fingerprint density at radius 2 is 2.12 bits per heavy atom. The number of halogens is 2. The summed E-state index contributed by atoms with van der Waals surface area (Å²) in [6, 6.07) is 1.74. The number of Topliss-reactive ketones (excluding diaryl/α,β-unsaturated/α-hetero) is 1.